The molecule has 12 nitrogen and oxygen atoms in total. The summed E-state index contributed by atoms with van der Waals surface area (Å²) in [5, 5.41) is 19.5. The van der Waals surface area contributed by atoms with Crippen LogP contribution in [0.3, 0.4) is 0 Å². The lowest BCUT2D eigenvalue weighted by Gasteiger charge is -2.34. The van der Waals surface area contributed by atoms with Crippen LogP contribution >= 0.6 is 0 Å². The number of rotatable bonds is 10. The standard InChI is InChI=1S/C33H43N7O5/c1-33(2,3)45-31(42)27(39-32(43)44-20-22-8-5-4-6-9-22)18-35-29-25(19-41)30(37-21-36-29)40-16-13-23(14-17-40)26-12-11-24-10-7-15-34-28(24)38-26/h4-6,8-9,11-12,21,23,27,41H,7,10,13-20H2,1-3H3,(H,34,38)(H,39,43)(H,35,36,37). The summed E-state index contributed by atoms with van der Waals surface area (Å²) in [6, 6.07) is 12.5. The fraction of sp³-hybridized carbons (Fsp3) is 0.485. The molecular weight excluding hydrogens is 574 g/mol. The number of carbonyl (C=O) groups excluding carboxylic acids is 2. The van der Waals surface area contributed by atoms with Gasteiger partial charge in [-0.15, -0.1) is 0 Å². The number of nitrogens with one attached hydrogen (secondary N) is 3. The predicted molar refractivity (Wildman–Crippen MR) is 171 cm³/mol. The number of amides is 1. The van der Waals surface area contributed by atoms with Crippen molar-refractivity contribution in [2.75, 3.05) is 41.7 Å². The number of piperidine rings is 1. The summed E-state index contributed by atoms with van der Waals surface area (Å²) in [4.78, 5) is 41.6. The van der Waals surface area contributed by atoms with Crippen molar-refractivity contribution < 1.29 is 24.2 Å². The molecule has 2 aliphatic heterocycles. The van der Waals surface area contributed by atoms with E-state index in [4.69, 9.17) is 14.5 Å². The van der Waals surface area contributed by atoms with Crippen molar-refractivity contribution in [3.63, 3.8) is 0 Å². The van der Waals surface area contributed by atoms with Crippen molar-refractivity contribution in [3.05, 3.63) is 71.2 Å². The average molecular weight is 618 g/mol. The van der Waals surface area contributed by atoms with Crippen molar-refractivity contribution in [1.29, 1.82) is 0 Å². The molecule has 1 atom stereocenters. The Morgan fingerprint density at radius 3 is 2.62 bits per heavy atom. The average Bonchev–Trinajstić information content (AvgIpc) is 3.05. The Hall–Kier alpha value is -4.45. The summed E-state index contributed by atoms with van der Waals surface area (Å²) in [5.41, 5.74) is 2.96. The van der Waals surface area contributed by atoms with E-state index in [0.717, 1.165) is 62.4 Å². The van der Waals surface area contributed by atoms with Crippen LogP contribution in [0, 0.1) is 0 Å². The van der Waals surface area contributed by atoms with Crippen molar-refractivity contribution in [1.82, 2.24) is 20.3 Å². The van der Waals surface area contributed by atoms with Gasteiger partial charge in [0.15, 0.2) is 0 Å². The van der Waals surface area contributed by atoms with E-state index < -0.39 is 23.7 Å². The Kier molecular flexibility index (Phi) is 10.3. The zero-order valence-corrected chi connectivity index (χ0v) is 26.2. The molecule has 1 amide bonds. The number of hydrogen-bond donors (Lipinski definition) is 4. The topological polar surface area (TPSA) is 151 Å². The molecule has 2 aliphatic rings. The number of fused-ring (bicyclic) bond motifs is 1. The molecule has 1 unspecified atom stereocenters. The largest absolute Gasteiger partial charge is 0.458 e. The van der Waals surface area contributed by atoms with Crippen LogP contribution in [0.1, 0.15) is 68.3 Å². The van der Waals surface area contributed by atoms with Gasteiger partial charge in [-0.2, -0.15) is 0 Å². The van der Waals surface area contributed by atoms with Crippen LogP contribution in [-0.4, -0.2) is 69.9 Å². The molecule has 0 saturated carbocycles. The van der Waals surface area contributed by atoms with E-state index in [1.54, 1.807) is 20.8 Å². The molecule has 2 aromatic heterocycles. The molecule has 45 heavy (non-hydrogen) atoms. The lowest BCUT2D eigenvalue weighted by Crippen LogP contribution is -2.48. The van der Waals surface area contributed by atoms with Crippen molar-refractivity contribution in [2.45, 2.75) is 77.2 Å². The molecule has 3 aromatic rings. The van der Waals surface area contributed by atoms with E-state index in [2.05, 4.69) is 43.0 Å². The van der Waals surface area contributed by atoms with Crippen molar-refractivity contribution >= 4 is 29.5 Å². The lowest BCUT2D eigenvalue weighted by atomic mass is 9.92. The molecule has 240 valence electrons. The Bertz CT molecular complexity index is 1460. The summed E-state index contributed by atoms with van der Waals surface area (Å²) in [7, 11) is 0. The normalized spacial score (nSPS) is 15.8. The minimum Gasteiger partial charge on any atom is -0.458 e. The Balaban J connectivity index is 1.23. The molecule has 4 heterocycles. The summed E-state index contributed by atoms with van der Waals surface area (Å²) in [6.07, 6.45) is 4.68. The fourth-order valence-electron chi connectivity index (χ4n) is 5.60. The SMILES string of the molecule is CC(C)(C)OC(=O)C(CNc1ncnc(N2CCC(c3ccc4c(n3)NCCC4)CC2)c1CO)NC(=O)OCc1ccccc1. The van der Waals surface area contributed by atoms with E-state index in [1.165, 1.54) is 11.9 Å². The molecule has 1 fully saturated rings. The second-order valence-electron chi connectivity index (χ2n) is 12.4. The summed E-state index contributed by atoms with van der Waals surface area (Å²) >= 11 is 0. The van der Waals surface area contributed by atoms with E-state index in [-0.39, 0.29) is 19.8 Å². The van der Waals surface area contributed by atoms with Crippen LogP contribution < -0.4 is 20.9 Å². The van der Waals surface area contributed by atoms with Gasteiger partial charge in [0.25, 0.3) is 0 Å². The first-order valence-corrected chi connectivity index (χ1v) is 15.6. The highest BCUT2D eigenvalue weighted by Crippen LogP contribution is 2.33. The molecule has 4 N–H and O–H groups in total. The Morgan fingerprint density at radius 1 is 1.11 bits per heavy atom. The van der Waals surface area contributed by atoms with Gasteiger partial charge in [-0.1, -0.05) is 36.4 Å². The monoisotopic (exact) mass is 617 g/mol. The summed E-state index contributed by atoms with van der Waals surface area (Å²) in [6.45, 7) is 7.43. The van der Waals surface area contributed by atoms with Crippen LogP contribution in [-0.2, 0) is 33.9 Å². The number of aryl methyl sites for hydroxylation is 1. The molecule has 1 saturated heterocycles. The van der Waals surface area contributed by atoms with Crippen molar-refractivity contribution in [2.24, 2.45) is 0 Å². The molecule has 0 spiro atoms. The number of ether oxygens (including phenoxy) is 2. The molecule has 0 radical (unpaired) electrons. The summed E-state index contributed by atoms with van der Waals surface area (Å²) in [5.74, 6) is 1.74. The van der Waals surface area contributed by atoms with Crippen LogP contribution in [0.4, 0.5) is 22.2 Å². The molecule has 12 heteroatoms. The number of alkyl carbamates (subject to hydrolysis) is 1. The first-order chi connectivity index (χ1) is 21.7. The van der Waals surface area contributed by atoms with Crippen LogP contribution in [0.15, 0.2) is 48.8 Å². The van der Waals surface area contributed by atoms with Gasteiger partial charge in [0.05, 0.1) is 12.2 Å². The highest BCUT2D eigenvalue weighted by molar-refractivity contribution is 5.82. The first-order valence-electron chi connectivity index (χ1n) is 15.6. The second-order valence-corrected chi connectivity index (χ2v) is 12.4. The van der Waals surface area contributed by atoms with Crippen LogP contribution in [0.5, 0.6) is 0 Å². The lowest BCUT2D eigenvalue weighted by molar-refractivity contribution is -0.156. The van der Waals surface area contributed by atoms with Gasteiger partial charge < -0.3 is 35.4 Å². The van der Waals surface area contributed by atoms with Gasteiger partial charge in [-0.25, -0.2) is 24.5 Å². The number of aliphatic hydroxyl groups excluding tert-OH is 1. The Morgan fingerprint density at radius 2 is 1.89 bits per heavy atom. The second kappa shape index (κ2) is 14.6. The van der Waals surface area contributed by atoms with Crippen LogP contribution in [0.25, 0.3) is 0 Å². The molecule has 1 aromatic carbocycles. The van der Waals surface area contributed by atoms with Crippen molar-refractivity contribution in [3.8, 4) is 0 Å². The molecule has 0 aliphatic carbocycles. The van der Waals surface area contributed by atoms with Crippen LogP contribution in [0.2, 0.25) is 0 Å². The number of aromatic nitrogens is 3. The number of hydrogen-bond acceptors (Lipinski definition) is 11. The highest BCUT2D eigenvalue weighted by atomic mass is 16.6. The highest BCUT2D eigenvalue weighted by Gasteiger charge is 2.29. The number of aliphatic hydroxyl groups is 1. The van der Waals surface area contributed by atoms with E-state index >= 15 is 0 Å². The number of carbonyl (C=O) groups is 2. The first kappa shape index (κ1) is 32.0. The summed E-state index contributed by atoms with van der Waals surface area (Å²) < 4.78 is 10.9. The quantitative estimate of drug-likeness (QED) is 0.243. The molecule has 5 rings (SSSR count). The number of benzene rings is 1. The van der Waals surface area contributed by atoms with E-state index in [0.29, 0.717) is 23.1 Å². The smallest absolute Gasteiger partial charge is 0.408 e. The van der Waals surface area contributed by atoms with Gasteiger partial charge in [-0.05, 0) is 63.6 Å². The van der Waals surface area contributed by atoms with E-state index in [9.17, 15) is 14.7 Å². The predicted octanol–water partition coefficient (Wildman–Crippen LogP) is 4.15. The fourth-order valence-corrected chi connectivity index (χ4v) is 5.60. The number of nitrogens with zero attached hydrogens (tertiary/aromatic N) is 4. The maximum atomic E-state index is 13.1. The number of pyridine rings is 1. The third-order valence-electron chi connectivity index (χ3n) is 7.88. The maximum absolute atomic E-state index is 13.1. The van der Waals surface area contributed by atoms with E-state index in [1.807, 2.05) is 30.3 Å². The maximum Gasteiger partial charge on any atom is 0.408 e. The van der Waals surface area contributed by atoms with Gasteiger partial charge >= 0.3 is 12.1 Å². The third kappa shape index (κ3) is 8.59. The molecular formula is C33H43N7O5. The number of esters is 1. The third-order valence-corrected chi connectivity index (χ3v) is 7.88. The van der Waals surface area contributed by atoms with Gasteiger partial charge in [0, 0.05) is 37.8 Å². The van der Waals surface area contributed by atoms with Gasteiger partial charge in [-0.3, -0.25) is 0 Å². The zero-order valence-electron chi connectivity index (χ0n) is 26.2. The number of anilines is 3. The van der Waals surface area contributed by atoms with Gasteiger partial charge in [0.2, 0.25) is 0 Å². The Labute approximate surface area is 264 Å². The molecule has 0 bridgehead atoms. The minimum absolute atomic E-state index is 0.0427. The minimum atomic E-state index is -1.08. The zero-order chi connectivity index (χ0) is 31.8. The van der Waals surface area contributed by atoms with Gasteiger partial charge in [0.1, 0.15) is 42.0 Å².